The lowest BCUT2D eigenvalue weighted by atomic mass is 9.95. The number of amides is 3. The number of rotatable bonds is 16. The topological polar surface area (TPSA) is 87.7 Å². The number of carbonyl (C=O) groups excluding carboxylic acids is 3. The van der Waals surface area contributed by atoms with Gasteiger partial charge in [-0.15, -0.1) is 0 Å². The summed E-state index contributed by atoms with van der Waals surface area (Å²) in [6.07, 6.45) is 6.62. The predicted octanol–water partition coefficient (Wildman–Crippen LogP) is 6.94. The van der Waals surface area contributed by atoms with E-state index >= 15 is 0 Å². The van der Waals surface area contributed by atoms with Crippen molar-refractivity contribution in [3.05, 3.63) is 35.4 Å². The third-order valence-corrected chi connectivity index (χ3v) is 7.06. The van der Waals surface area contributed by atoms with Gasteiger partial charge in [-0.05, 0) is 64.0 Å². The Hall–Kier alpha value is -2.57. The van der Waals surface area contributed by atoms with Crippen LogP contribution >= 0.6 is 0 Å². The van der Waals surface area contributed by atoms with E-state index in [0.717, 1.165) is 50.5 Å². The molecule has 0 aliphatic carbocycles. The number of benzene rings is 1. The Morgan fingerprint density at radius 3 is 2.05 bits per heavy atom. The Morgan fingerprint density at radius 2 is 1.54 bits per heavy atom. The normalized spacial score (nSPS) is 14.6. The zero-order valence-electron chi connectivity index (χ0n) is 26.1. The third-order valence-electron chi connectivity index (χ3n) is 7.06. The first-order chi connectivity index (χ1) is 18.4. The Balaban J connectivity index is 3.54. The molecule has 0 aliphatic rings. The Bertz CT molecular complexity index is 878. The van der Waals surface area contributed by atoms with E-state index < -0.39 is 23.8 Å². The first kappa shape index (κ1) is 34.5. The van der Waals surface area contributed by atoms with Gasteiger partial charge in [-0.25, -0.2) is 4.79 Å². The van der Waals surface area contributed by atoms with Crippen LogP contribution in [0.4, 0.5) is 4.79 Å². The number of alkyl carbamates (subject to hydrolysis) is 1. The average molecular weight is 546 g/mol. The Labute approximate surface area is 237 Å². The monoisotopic (exact) mass is 545 g/mol. The minimum atomic E-state index is -0.811. The van der Waals surface area contributed by atoms with E-state index in [1.807, 2.05) is 45.0 Å². The molecule has 0 bridgehead atoms. The largest absolute Gasteiger partial charge is 0.444 e. The molecule has 39 heavy (non-hydrogen) atoms. The van der Waals surface area contributed by atoms with Gasteiger partial charge in [-0.2, -0.15) is 0 Å². The van der Waals surface area contributed by atoms with Gasteiger partial charge < -0.3 is 20.3 Å². The number of aryl methyl sites for hydroxylation is 1. The van der Waals surface area contributed by atoms with Crippen molar-refractivity contribution in [3.8, 4) is 0 Å². The summed E-state index contributed by atoms with van der Waals surface area (Å²) >= 11 is 0. The number of ether oxygens (including phenoxy) is 1. The van der Waals surface area contributed by atoms with E-state index in [2.05, 4.69) is 31.4 Å². The van der Waals surface area contributed by atoms with Crippen LogP contribution in [0.2, 0.25) is 0 Å². The van der Waals surface area contributed by atoms with Gasteiger partial charge in [0, 0.05) is 12.6 Å². The van der Waals surface area contributed by atoms with E-state index in [4.69, 9.17) is 4.74 Å². The second kappa shape index (κ2) is 17.2. The molecule has 0 fully saturated rings. The molecule has 0 radical (unpaired) electrons. The van der Waals surface area contributed by atoms with Crippen molar-refractivity contribution in [2.24, 2.45) is 5.92 Å². The predicted molar refractivity (Wildman–Crippen MR) is 160 cm³/mol. The number of hydrogen-bond donors (Lipinski definition) is 2. The Kier molecular flexibility index (Phi) is 15.2. The van der Waals surface area contributed by atoms with Crippen LogP contribution in [-0.4, -0.2) is 47.0 Å². The van der Waals surface area contributed by atoms with Gasteiger partial charge >= 0.3 is 6.09 Å². The van der Waals surface area contributed by atoms with Crippen LogP contribution < -0.4 is 10.6 Å². The standard InChI is InChI=1S/C32H55N3O4/c1-10-14-15-16-22-35(30(37)27(23(5)12-3)34-31(38)39-32(7,8)9)28(29(36)33-24(6)17-11-2)26-20-18-25(13-4)19-21-26/h18-21,23-24,27-28H,10-17,22H2,1-9H3,(H,33,36)(H,34,38). The fourth-order valence-corrected chi connectivity index (χ4v) is 4.61. The molecule has 7 nitrogen and oxygen atoms in total. The molecule has 0 aliphatic heterocycles. The highest BCUT2D eigenvalue weighted by Gasteiger charge is 2.38. The van der Waals surface area contributed by atoms with Crippen molar-refractivity contribution in [1.82, 2.24) is 15.5 Å². The molecule has 0 spiro atoms. The maximum Gasteiger partial charge on any atom is 0.408 e. The SMILES string of the molecule is CCCCCCN(C(=O)C(NC(=O)OC(C)(C)C)C(C)CC)C(C(=O)NC(C)CCC)c1ccc(CC)cc1. The average Bonchev–Trinajstić information content (AvgIpc) is 2.87. The van der Waals surface area contributed by atoms with Gasteiger partial charge in [-0.3, -0.25) is 9.59 Å². The molecular formula is C32H55N3O4. The molecule has 4 unspecified atom stereocenters. The van der Waals surface area contributed by atoms with Crippen molar-refractivity contribution < 1.29 is 19.1 Å². The number of nitrogens with zero attached hydrogens (tertiary/aromatic N) is 1. The van der Waals surface area contributed by atoms with Gasteiger partial charge in [0.05, 0.1) is 0 Å². The van der Waals surface area contributed by atoms with Crippen LogP contribution in [0.25, 0.3) is 0 Å². The molecular weight excluding hydrogens is 490 g/mol. The van der Waals surface area contributed by atoms with E-state index in [0.29, 0.717) is 13.0 Å². The van der Waals surface area contributed by atoms with E-state index in [9.17, 15) is 14.4 Å². The molecule has 0 saturated carbocycles. The Morgan fingerprint density at radius 1 is 0.897 bits per heavy atom. The second-order valence-electron chi connectivity index (χ2n) is 11.8. The van der Waals surface area contributed by atoms with Crippen LogP contribution in [0.1, 0.15) is 124 Å². The number of carbonyl (C=O) groups is 3. The summed E-state index contributed by atoms with van der Waals surface area (Å²) in [7, 11) is 0. The summed E-state index contributed by atoms with van der Waals surface area (Å²) in [5.41, 5.74) is 1.26. The van der Waals surface area contributed by atoms with Crippen molar-refractivity contribution >= 4 is 17.9 Å². The number of nitrogens with one attached hydrogen (secondary N) is 2. The molecule has 0 aromatic heterocycles. The van der Waals surface area contributed by atoms with Crippen LogP contribution in [0.15, 0.2) is 24.3 Å². The lowest BCUT2D eigenvalue weighted by molar-refractivity contribution is -0.143. The molecule has 222 valence electrons. The third kappa shape index (κ3) is 12.0. The molecule has 3 amide bonds. The highest BCUT2D eigenvalue weighted by Crippen LogP contribution is 2.26. The summed E-state index contributed by atoms with van der Waals surface area (Å²) in [5.74, 6) is -0.591. The molecule has 4 atom stereocenters. The van der Waals surface area contributed by atoms with Gasteiger partial charge in [0.15, 0.2) is 0 Å². The van der Waals surface area contributed by atoms with Crippen molar-refractivity contribution in [2.75, 3.05) is 6.54 Å². The maximum atomic E-state index is 14.3. The van der Waals surface area contributed by atoms with Gasteiger partial charge in [0.25, 0.3) is 0 Å². The molecule has 2 N–H and O–H groups in total. The molecule has 0 heterocycles. The quantitative estimate of drug-likeness (QED) is 0.220. The zero-order valence-corrected chi connectivity index (χ0v) is 26.1. The van der Waals surface area contributed by atoms with E-state index in [-0.39, 0.29) is 23.8 Å². The van der Waals surface area contributed by atoms with E-state index in [1.54, 1.807) is 25.7 Å². The summed E-state index contributed by atoms with van der Waals surface area (Å²) in [5, 5.41) is 6.00. The zero-order chi connectivity index (χ0) is 29.6. The van der Waals surface area contributed by atoms with Crippen LogP contribution in [-0.2, 0) is 20.7 Å². The molecule has 7 heteroatoms. The highest BCUT2D eigenvalue weighted by molar-refractivity contribution is 5.92. The van der Waals surface area contributed by atoms with Crippen molar-refractivity contribution in [2.45, 2.75) is 137 Å². The van der Waals surface area contributed by atoms with Crippen molar-refractivity contribution in [1.29, 1.82) is 0 Å². The molecule has 1 rings (SSSR count). The lowest BCUT2D eigenvalue weighted by Crippen LogP contribution is -2.55. The smallest absolute Gasteiger partial charge is 0.408 e. The van der Waals surface area contributed by atoms with Crippen LogP contribution in [0.5, 0.6) is 0 Å². The minimum absolute atomic E-state index is 0.0118. The number of unbranched alkanes of at least 4 members (excludes halogenated alkanes) is 3. The van der Waals surface area contributed by atoms with Gasteiger partial charge in [0.1, 0.15) is 17.7 Å². The first-order valence-electron chi connectivity index (χ1n) is 15.1. The van der Waals surface area contributed by atoms with Crippen molar-refractivity contribution in [3.63, 3.8) is 0 Å². The fourth-order valence-electron chi connectivity index (χ4n) is 4.61. The van der Waals surface area contributed by atoms with E-state index in [1.165, 1.54) is 5.56 Å². The summed E-state index contributed by atoms with van der Waals surface area (Å²) in [4.78, 5) is 42.7. The second-order valence-corrected chi connectivity index (χ2v) is 11.8. The minimum Gasteiger partial charge on any atom is -0.444 e. The van der Waals surface area contributed by atoms with Crippen LogP contribution in [0.3, 0.4) is 0 Å². The summed E-state index contributed by atoms with van der Waals surface area (Å²) in [6.45, 7) is 18.1. The van der Waals surface area contributed by atoms with Gasteiger partial charge in [-0.1, -0.05) is 91.0 Å². The molecule has 1 aromatic carbocycles. The lowest BCUT2D eigenvalue weighted by Gasteiger charge is -2.36. The van der Waals surface area contributed by atoms with Gasteiger partial charge in [0.2, 0.25) is 11.8 Å². The molecule has 1 aromatic rings. The number of hydrogen-bond acceptors (Lipinski definition) is 4. The first-order valence-corrected chi connectivity index (χ1v) is 15.1. The molecule has 0 saturated heterocycles. The fraction of sp³-hybridized carbons (Fsp3) is 0.719. The summed E-state index contributed by atoms with van der Waals surface area (Å²) in [6, 6.07) is 6.35. The summed E-state index contributed by atoms with van der Waals surface area (Å²) < 4.78 is 5.50. The van der Waals surface area contributed by atoms with Crippen LogP contribution in [0, 0.1) is 5.92 Å². The highest BCUT2D eigenvalue weighted by atomic mass is 16.6. The maximum absolute atomic E-state index is 14.3.